The largest absolute Gasteiger partial charge is 0.573 e. The standard InChI is InChI=1S/C21H21ClF3N3O2/c1-26-6-8-27(9-7-26)16-10-15-13-28(20(29)19(15)18(22)11-16)12-14-2-4-17(5-3-14)30-21(23,24)25/h2-5,10-11H,6-9,12-13H2,1H3. The first-order chi connectivity index (χ1) is 14.2. The monoisotopic (exact) mass is 439 g/mol. The van der Waals surface area contributed by atoms with Gasteiger partial charge in [-0.25, -0.2) is 0 Å². The number of hydrogen-bond acceptors (Lipinski definition) is 4. The van der Waals surface area contributed by atoms with Gasteiger partial charge in [-0.15, -0.1) is 13.2 Å². The van der Waals surface area contributed by atoms with Crippen molar-refractivity contribution in [2.45, 2.75) is 19.5 Å². The number of hydrogen-bond donors (Lipinski definition) is 0. The van der Waals surface area contributed by atoms with Gasteiger partial charge in [0.2, 0.25) is 0 Å². The molecule has 9 heteroatoms. The highest BCUT2D eigenvalue weighted by Crippen LogP contribution is 2.35. The third-order valence-corrected chi connectivity index (χ3v) is 5.72. The Hall–Kier alpha value is -2.45. The second-order valence-corrected chi connectivity index (χ2v) is 8.01. The Morgan fingerprint density at radius 1 is 1.07 bits per heavy atom. The Morgan fingerprint density at radius 3 is 2.37 bits per heavy atom. The molecule has 1 fully saturated rings. The van der Waals surface area contributed by atoms with Crippen molar-refractivity contribution >= 4 is 23.2 Å². The molecule has 160 valence electrons. The molecule has 2 aromatic carbocycles. The Bertz CT molecular complexity index is 942. The van der Waals surface area contributed by atoms with Gasteiger partial charge in [0.05, 0.1) is 10.6 Å². The molecule has 4 rings (SSSR count). The molecule has 0 aliphatic carbocycles. The van der Waals surface area contributed by atoms with E-state index in [0.29, 0.717) is 22.7 Å². The van der Waals surface area contributed by atoms with Crippen molar-refractivity contribution in [3.05, 3.63) is 58.1 Å². The molecule has 0 N–H and O–H groups in total. The van der Waals surface area contributed by atoms with Crippen LogP contribution in [0, 0.1) is 0 Å². The van der Waals surface area contributed by atoms with Gasteiger partial charge < -0.3 is 19.4 Å². The quantitative estimate of drug-likeness (QED) is 0.717. The third kappa shape index (κ3) is 4.49. The summed E-state index contributed by atoms with van der Waals surface area (Å²) in [6, 6.07) is 9.40. The van der Waals surface area contributed by atoms with Gasteiger partial charge in [-0.3, -0.25) is 4.79 Å². The summed E-state index contributed by atoms with van der Waals surface area (Å²) in [5, 5.41) is 0.433. The first kappa shape index (κ1) is 20.8. The van der Waals surface area contributed by atoms with Crippen molar-refractivity contribution in [1.29, 1.82) is 0 Å². The molecular formula is C21H21ClF3N3O2. The first-order valence-corrected chi connectivity index (χ1v) is 9.97. The predicted octanol–water partition coefficient (Wildman–Crippen LogP) is 4.15. The Kier molecular flexibility index (Phi) is 5.55. The number of carbonyl (C=O) groups is 1. The number of benzene rings is 2. The van der Waals surface area contributed by atoms with E-state index in [1.54, 1.807) is 4.90 Å². The summed E-state index contributed by atoms with van der Waals surface area (Å²) in [5.41, 5.74) is 3.10. The molecule has 30 heavy (non-hydrogen) atoms. The van der Waals surface area contributed by atoms with Crippen LogP contribution in [0.15, 0.2) is 36.4 Å². The Morgan fingerprint density at radius 2 is 1.73 bits per heavy atom. The van der Waals surface area contributed by atoms with Crippen LogP contribution in [-0.2, 0) is 13.1 Å². The van der Waals surface area contributed by atoms with E-state index in [1.807, 2.05) is 12.1 Å². The molecule has 0 unspecified atom stereocenters. The predicted molar refractivity (Wildman–Crippen MR) is 108 cm³/mol. The SMILES string of the molecule is CN1CCN(c2cc(Cl)c3c(c2)CN(Cc2ccc(OC(F)(F)F)cc2)C3=O)CC1. The number of likely N-dealkylation sites (N-methyl/N-ethyl adjacent to an activating group) is 1. The summed E-state index contributed by atoms with van der Waals surface area (Å²) >= 11 is 6.46. The first-order valence-electron chi connectivity index (χ1n) is 9.59. The fourth-order valence-electron chi connectivity index (χ4n) is 3.84. The number of fused-ring (bicyclic) bond motifs is 1. The zero-order valence-corrected chi connectivity index (χ0v) is 17.1. The van der Waals surface area contributed by atoms with Crippen LogP contribution in [0.5, 0.6) is 5.75 Å². The van der Waals surface area contributed by atoms with Gasteiger partial charge in [-0.1, -0.05) is 23.7 Å². The van der Waals surface area contributed by atoms with Crippen molar-refractivity contribution in [3.63, 3.8) is 0 Å². The van der Waals surface area contributed by atoms with Crippen LogP contribution in [0.3, 0.4) is 0 Å². The maximum absolute atomic E-state index is 12.9. The maximum atomic E-state index is 12.9. The molecule has 1 amide bonds. The number of nitrogens with zero attached hydrogens (tertiary/aromatic N) is 3. The molecule has 5 nitrogen and oxygen atoms in total. The molecule has 2 aliphatic heterocycles. The average Bonchev–Trinajstić information content (AvgIpc) is 2.98. The van der Waals surface area contributed by atoms with Crippen LogP contribution >= 0.6 is 11.6 Å². The van der Waals surface area contributed by atoms with E-state index < -0.39 is 6.36 Å². The topological polar surface area (TPSA) is 36.0 Å². The van der Waals surface area contributed by atoms with Crippen LogP contribution in [0.1, 0.15) is 21.5 Å². The lowest BCUT2D eigenvalue weighted by atomic mass is 10.1. The van der Waals surface area contributed by atoms with Gasteiger partial charge in [0.25, 0.3) is 5.91 Å². The number of ether oxygens (including phenoxy) is 1. The van der Waals surface area contributed by atoms with Crippen LogP contribution in [0.2, 0.25) is 5.02 Å². The lowest BCUT2D eigenvalue weighted by Gasteiger charge is -2.34. The van der Waals surface area contributed by atoms with Crippen LogP contribution in [-0.4, -0.2) is 55.3 Å². The number of carbonyl (C=O) groups excluding carboxylic acids is 1. The summed E-state index contributed by atoms with van der Waals surface area (Å²) in [5.74, 6) is -0.460. The number of anilines is 1. The zero-order valence-electron chi connectivity index (χ0n) is 16.4. The minimum Gasteiger partial charge on any atom is -0.406 e. The zero-order chi connectivity index (χ0) is 21.5. The number of amides is 1. The fraction of sp³-hybridized carbons (Fsp3) is 0.381. The Labute approximate surface area is 177 Å². The highest BCUT2D eigenvalue weighted by Gasteiger charge is 2.32. The molecule has 0 spiro atoms. The molecule has 0 saturated carbocycles. The lowest BCUT2D eigenvalue weighted by Crippen LogP contribution is -2.44. The summed E-state index contributed by atoms with van der Waals surface area (Å²) < 4.78 is 40.8. The summed E-state index contributed by atoms with van der Waals surface area (Å²) in [4.78, 5) is 19.0. The molecule has 0 aromatic heterocycles. The molecule has 0 atom stereocenters. The van der Waals surface area contributed by atoms with E-state index in [4.69, 9.17) is 11.6 Å². The molecule has 0 bridgehead atoms. The van der Waals surface area contributed by atoms with Crippen molar-refractivity contribution in [3.8, 4) is 5.75 Å². The van der Waals surface area contributed by atoms with E-state index in [9.17, 15) is 18.0 Å². The molecular weight excluding hydrogens is 419 g/mol. The maximum Gasteiger partial charge on any atom is 0.573 e. The number of halogens is 4. The molecule has 0 radical (unpaired) electrons. The highest BCUT2D eigenvalue weighted by atomic mass is 35.5. The van der Waals surface area contributed by atoms with Crippen LogP contribution in [0.4, 0.5) is 18.9 Å². The highest BCUT2D eigenvalue weighted by molar-refractivity contribution is 6.34. The lowest BCUT2D eigenvalue weighted by molar-refractivity contribution is -0.274. The van der Waals surface area contributed by atoms with Crippen molar-refractivity contribution in [2.75, 3.05) is 38.1 Å². The average molecular weight is 440 g/mol. The van der Waals surface area contributed by atoms with E-state index >= 15 is 0 Å². The van der Waals surface area contributed by atoms with Gasteiger partial charge in [-0.05, 0) is 42.4 Å². The minimum absolute atomic E-state index is 0.171. The van der Waals surface area contributed by atoms with Crippen LogP contribution in [0.25, 0.3) is 0 Å². The third-order valence-electron chi connectivity index (χ3n) is 5.42. The number of alkyl halides is 3. The van der Waals surface area contributed by atoms with Crippen molar-refractivity contribution in [2.24, 2.45) is 0 Å². The van der Waals surface area contributed by atoms with Gasteiger partial charge in [0, 0.05) is 45.0 Å². The van der Waals surface area contributed by atoms with Crippen LogP contribution < -0.4 is 9.64 Å². The van der Waals surface area contributed by atoms with E-state index in [-0.39, 0.29) is 18.2 Å². The molecule has 1 saturated heterocycles. The van der Waals surface area contributed by atoms with E-state index in [2.05, 4.69) is 21.6 Å². The smallest absolute Gasteiger partial charge is 0.406 e. The summed E-state index contributed by atoms with van der Waals surface area (Å²) in [6.45, 7) is 4.42. The summed E-state index contributed by atoms with van der Waals surface area (Å²) in [6.07, 6.45) is -4.73. The van der Waals surface area contributed by atoms with E-state index in [1.165, 1.54) is 24.3 Å². The summed E-state index contributed by atoms with van der Waals surface area (Å²) in [7, 11) is 2.09. The van der Waals surface area contributed by atoms with E-state index in [0.717, 1.165) is 37.4 Å². The van der Waals surface area contributed by atoms with Gasteiger partial charge in [0.15, 0.2) is 0 Å². The van der Waals surface area contributed by atoms with Crippen molar-refractivity contribution < 1.29 is 22.7 Å². The minimum atomic E-state index is -4.73. The fourth-order valence-corrected chi connectivity index (χ4v) is 4.15. The number of piperazine rings is 1. The second kappa shape index (κ2) is 8.00. The van der Waals surface area contributed by atoms with Gasteiger partial charge in [-0.2, -0.15) is 0 Å². The van der Waals surface area contributed by atoms with Gasteiger partial charge >= 0.3 is 6.36 Å². The molecule has 2 aliphatic rings. The normalized spacial score (nSPS) is 17.4. The van der Waals surface area contributed by atoms with Gasteiger partial charge in [0.1, 0.15) is 5.75 Å². The van der Waals surface area contributed by atoms with Crippen molar-refractivity contribution in [1.82, 2.24) is 9.80 Å². The Balaban J connectivity index is 1.47. The second-order valence-electron chi connectivity index (χ2n) is 7.61. The number of rotatable bonds is 4. The molecule has 2 aromatic rings. The molecule has 2 heterocycles.